The summed E-state index contributed by atoms with van der Waals surface area (Å²) in [4.78, 5) is 44.5. The molecule has 0 radical (unpaired) electrons. The summed E-state index contributed by atoms with van der Waals surface area (Å²) in [6.45, 7) is 0. The Labute approximate surface area is 125 Å². The van der Waals surface area contributed by atoms with Crippen molar-refractivity contribution in [3.8, 4) is 0 Å². The Bertz CT molecular complexity index is 972. The Morgan fingerprint density at radius 1 is 1.26 bits per heavy atom. The molecule has 11 heteroatoms. The molecule has 3 N–H and O–H groups in total. The first kappa shape index (κ1) is 16.0. The van der Waals surface area contributed by atoms with E-state index in [1.807, 2.05) is 0 Å². The topological polar surface area (TPSA) is 112 Å². The number of rotatable bonds is 1. The lowest BCUT2D eigenvalue weighted by Gasteiger charge is -2.28. The molecule has 23 heavy (non-hydrogen) atoms. The van der Waals surface area contributed by atoms with Crippen LogP contribution in [-0.2, 0) is 17.2 Å². The van der Waals surface area contributed by atoms with Crippen molar-refractivity contribution in [3.63, 3.8) is 0 Å². The molecule has 0 saturated heterocycles. The summed E-state index contributed by atoms with van der Waals surface area (Å²) in [5.41, 5.74) is -3.70. The molecule has 7 nitrogen and oxygen atoms in total. The molecule has 124 valence electrons. The summed E-state index contributed by atoms with van der Waals surface area (Å²) >= 11 is 0. The number of hydrogen-bond acceptors (Lipinski definition) is 3. The first-order valence-electron chi connectivity index (χ1n) is 6.44. The fraction of sp³-hybridized carbons (Fsp3) is 0.333. The van der Waals surface area contributed by atoms with Gasteiger partial charge in [0.05, 0.1) is 16.6 Å². The first-order chi connectivity index (χ1) is 10.5. The second-order valence-electron chi connectivity index (χ2n) is 5.27. The van der Waals surface area contributed by atoms with Crippen molar-refractivity contribution >= 4 is 18.6 Å². The smallest absolute Gasteiger partial charge is 0.323 e. The Morgan fingerprint density at radius 3 is 2.48 bits per heavy atom. The second-order valence-corrected chi connectivity index (χ2v) is 7.04. The maximum Gasteiger partial charge on any atom is 0.416 e. The fourth-order valence-corrected chi connectivity index (χ4v) is 3.82. The van der Waals surface area contributed by atoms with Crippen LogP contribution in [0.3, 0.4) is 0 Å². The van der Waals surface area contributed by atoms with Crippen molar-refractivity contribution in [1.29, 1.82) is 0 Å². The summed E-state index contributed by atoms with van der Waals surface area (Å²) < 4.78 is 50.9. The second kappa shape index (κ2) is 4.80. The molecule has 1 aromatic carbocycles. The lowest BCUT2D eigenvalue weighted by atomic mass is 10.00. The minimum atomic E-state index is -4.76. The monoisotopic (exact) mass is 350 g/mol. The van der Waals surface area contributed by atoms with Crippen LogP contribution in [-0.4, -0.2) is 19.3 Å². The number of H-pyrrole nitrogens is 1. The highest BCUT2D eigenvalue weighted by atomic mass is 31.2. The fourth-order valence-electron chi connectivity index (χ4n) is 2.83. The maximum absolute atomic E-state index is 12.9. The molecule has 2 aromatic rings. The Kier molecular flexibility index (Phi) is 3.33. The molecule has 3 rings (SSSR count). The van der Waals surface area contributed by atoms with E-state index in [0.717, 1.165) is 6.07 Å². The average Bonchev–Trinajstić information content (AvgIpc) is 2.41. The molecule has 0 spiro atoms. The predicted molar refractivity (Wildman–Crippen MR) is 73.2 cm³/mol. The van der Waals surface area contributed by atoms with E-state index < -0.39 is 36.2 Å². The summed E-state index contributed by atoms with van der Waals surface area (Å²) in [5.74, 6) is -1.57. The number of hydrogen-bond donors (Lipinski definition) is 3. The van der Waals surface area contributed by atoms with Gasteiger partial charge in [-0.2, -0.15) is 13.2 Å². The highest BCUT2D eigenvalue weighted by Gasteiger charge is 2.38. The largest absolute Gasteiger partial charge is 0.416 e. The van der Waals surface area contributed by atoms with Crippen molar-refractivity contribution in [2.24, 2.45) is 0 Å². The quantitative estimate of drug-likeness (QED) is 0.531. The zero-order valence-corrected chi connectivity index (χ0v) is 12.2. The Morgan fingerprint density at radius 2 is 1.91 bits per heavy atom. The molecule has 0 aliphatic carbocycles. The van der Waals surface area contributed by atoms with Crippen molar-refractivity contribution < 1.29 is 27.5 Å². The molecule has 2 heterocycles. The summed E-state index contributed by atoms with van der Waals surface area (Å²) in [6.07, 6.45) is -4.94. The van der Waals surface area contributed by atoms with Gasteiger partial charge >= 0.3 is 24.9 Å². The standard InChI is InChI=1S/C12H10F3N2O5P/c13-12(14,15)6-3-5-1-2-8(23(20,21)22)17-9(5)7(4-6)16-10(18)11(17)19/h3-4,8H,1-2H2,(H,16,18)(H2,20,21,22). The van der Waals surface area contributed by atoms with Gasteiger partial charge < -0.3 is 14.8 Å². The molecular formula is C12H10F3N2O5P. The van der Waals surface area contributed by atoms with Crippen molar-refractivity contribution in [2.75, 3.05) is 0 Å². The lowest BCUT2D eigenvalue weighted by molar-refractivity contribution is -0.137. The number of halogens is 3. The molecule has 1 aromatic heterocycles. The number of nitrogens with one attached hydrogen (secondary N) is 1. The van der Waals surface area contributed by atoms with E-state index in [0.29, 0.717) is 10.6 Å². The molecular weight excluding hydrogens is 340 g/mol. The van der Waals surface area contributed by atoms with Gasteiger partial charge in [-0.15, -0.1) is 0 Å². The third kappa shape index (κ3) is 2.52. The first-order valence-corrected chi connectivity index (χ1v) is 8.12. The van der Waals surface area contributed by atoms with Crippen LogP contribution in [0.25, 0.3) is 11.0 Å². The lowest BCUT2D eigenvalue weighted by Crippen LogP contribution is -2.40. The molecule has 1 atom stereocenters. The summed E-state index contributed by atoms with van der Waals surface area (Å²) in [6, 6.07) is 1.48. The van der Waals surface area contributed by atoms with Crippen LogP contribution in [0.1, 0.15) is 23.3 Å². The number of aromatic nitrogens is 2. The molecule has 0 bridgehead atoms. The molecule has 0 amide bonds. The number of nitrogens with zero attached hydrogens (tertiary/aromatic N) is 1. The van der Waals surface area contributed by atoms with Gasteiger partial charge in [-0.1, -0.05) is 0 Å². The van der Waals surface area contributed by atoms with E-state index in [9.17, 15) is 37.1 Å². The van der Waals surface area contributed by atoms with Crippen molar-refractivity contribution in [3.05, 3.63) is 44.0 Å². The molecule has 1 aliphatic heterocycles. The molecule has 0 fully saturated rings. The van der Waals surface area contributed by atoms with Gasteiger partial charge in [0, 0.05) is 0 Å². The van der Waals surface area contributed by atoms with E-state index in [4.69, 9.17) is 0 Å². The van der Waals surface area contributed by atoms with E-state index >= 15 is 0 Å². The van der Waals surface area contributed by atoms with Gasteiger partial charge in [0.25, 0.3) is 0 Å². The minimum absolute atomic E-state index is 0.0539. The Hall–Kier alpha value is -1.90. The van der Waals surface area contributed by atoms with Crippen LogP contribution < -0.4 is 11.1 Å². The predicted octanol–water partition coefficient (Wildman–Crippen LogP) is 1.33. The highest BCUT2D eigenvalue weighted by Crippen LogP contribution is 2.53. The van der Waals surface area contributed by atoms with Gasteiger partial charge in [0.1, 0.15) is 5.78 Å². The van der Waals surface area contributed by atoms with E-state index in [1.54, 1.807) is 0 Å². The normalized spacial score (nSPS) is 18.4. The highest BCUT2D eigenvalue weighted by molar-refractivity contribution is 7.51. The zero-order chi connectivity index (χ0) is 17.2. The van der Waals surface area contributed by atoms with Crippen molar-refractivity contribution in [2.45, 2.75) is 24.8 Å². The van der Waals surface area contributed by atoms with Crippen molar-refractivity contribution in [1.82, 2.24) is 9.55 Å². The summed E-state index contributed by atoms with van der Waals surface area (Å²) in [7, 11) is -4.76. The van der Waals surface area contributed by atoms with E-state index in [2.05, 4.69) is 4.98 Å². The number of aryl methyl sites for hydroxylation is 1. The Balaban J connectivity index is 2.46. The van der Waals surface area contributed by atoms with E-state index in [-0.39, 0.29) is 29.4 Å². The van der Waals surface area contributed by atoms with Crippen LogP contribution in [0.15, 0.2) is 21.7 Å². The van der Waals surface area contributed by atoms with E-state index in [1.165, 1.54) is 0 Å². The SMILES string of the molecule is O=c1[nH]c2cc(C(F)(F)F)cc3c2n(c1=O)C(P(=O)(O)O)CC3. The molecule has 1 unspecified atom stereocenters. The average molecular weight is 350 g/mol. The van der Waals surface area contributed by atoms with Gasteiger partial charge in [-0.05, 0) is 30.5 Å². The van der Waals surface area contributed by atoms with Gasteiger partial charge in [-0.25, -0.2) is 0 Å². The van der Waals surface area contributed by atoms with Crippen LogP contribution >= 0.6 is 7.60 Å². The minimum Gasteiger partial charge on any atom is -0.323 e. The number of aromatic amines is 1. The van der Waals surface area contributed by atoms with Crippen LogP contribution in [0, 0.1) is 0 Å². The van der Waals surface area contributed by atoms with Gasteiger partial charge in [0.2, 0.25) is 0 Å². The van der Waals surface area contributed by atoms with Crippen LogP contribution in [0.2, 0.25) is 0 Å². The number of benzene rings is 1. The maximum atomic E-state index is 12.9. The molecule has 0 saturated carbocycles. The zero-order valence-electron chi connectivity index (χ0n) is 11.3. The molecule has 1 aliphatic rings. The third-order valence-corrected chi connectivity index (χ3v) is 5.04. The number of alkyl halides is 3. The van der Waals surface area contributed by atoms with Gasteiger partial charge in [-0.3, -0.25) is 18.7 Å². The summed E-state index contributed by atoms with van der Waals surface area (Å²) in [5, 5.41) is 0. The van der Waals surface area contributed by atoms with Gasteiger partial charge in [0.15, 0.2) is 0 Å². The van der Waals surface area contributed by atoms with Crippen LogP contribution in [0.4, 0.5) is 13.2 Å². The third-order valence-electron chi connectivity index (χ3n) is 3.78. The van der Waals surface area contributed by atoms with Crippen LogP contribution in [0.5, 0.6) is 0 Å².